The first kappa shape index (κ1) is 13.3. The number of rotatable bonds is 5. The zero-order valence-corrected chi connectivity index (χ0v) is 11.6. The first-order chi connectivity index (χ1) is 9.10. The van der Waals surface area contributed by atoms with Crippen molar-refractivity contribution in [3.63, 3.8) is 0 Å². The summed E-state index contributed by atoms with van der Waals surface area (Å²) in [5, 5.41) is 4.18. The lowest BCUT2D eigenvalue weighted by Gasteiger charge is -2.13. The quantitative estimate of drug-likeness (QED) is 0.772. The number of aryl methyl sites for hydroxylation is 1. The van der Waals surface area contributed by atoms with Crippen LogP contribution >= 0.6 is 0 Å². The van der Waals surface area contributed by atoms with E-state index >= 15 is 0 Å². The van der Waals surface area contributed by atoms with Crippen LogP contribution in [0.5, 0.6) is 0 Å². The van der Waals surface area contributed by atoms with Crippen molar-refractivity contribution in [3.05, 3.63) is 47.8 Å². The highest BCUT2D eigenvalue weighted by Gasteiger charge is 2.09. The fourth-order valence-electron chi connectivity index (χ4n) is 1.92. The van der Waals surface area contributed by atoms with Crippen molar-refractivity contribution in [2.24, 2.45) is 0 Å². The molecule has 0 atom stereocenters. The smallest absolute Gasteiger partial charge is 0.167 e. The highest BCUT2D eigenvalue weighted by atomic mass is 16.1. The molecular formula is C15H19N3O. The molecule has 0 saturated heterocycles. The lowest BCUT2D eigenvalue weighted by Crippen LogP contribution is -2.10. The lowest BCUT2D eigenvalue weighted by atomic mass is 10.0. The van der Waals surface area contributed by atoms with Gasteiger partial charge in [-0.3, -0.25) is 9.48 Å². The number of hydrogen-bond donors (Lipinski definition) is 0. The summed E-state index contributed by atoms with van der Waals surface area (Å²) in [6, 6.07) is 7.69. The summed E-state index contributed by atoms with van der Waals surface area (Å²) >= 11 is 0. The van der Waals surface area contributed by atoms with Crippen LogP contribution in [-0.4, -0.2) is 29.7 Å². The van der Waals surface area contributed by atoms with E-state index in [4.69, 9.17) is 0 Å². The Bertz CT molecular complexity index is 572. The molecule has 0 saturated carbocycles. The first-order valence-corrected chi connectivity index (χ1v) is 6.42. The molecule has 0 amide bonds. The molecule has 2 rings (SSSR count). The third-order valence-corrected chi connectivity index (χ3v) is 3.06. The Labute approximate surface area is 113 Å². The van der Waals surface area contributed by atoms with Crippen LogP contribution < -0.4 is 4.90 Å². The summed E-state index contributed by atoms with van der Waals surface area (Å²) < 4.78 is 1.83. The van der Waals surface area contributed by atoms with Gasteiger partial charge in [-0.15, -0.1) is 0 Å². The molecule has 0 spiro atoms. The predicted octanol–water partition coefficient (Wildman–Crippen LogP) is 2.39. The van der Waals surface area contributed by atoms with Crippen molar-refractivity contribution in [1.29, 1.82) is 0 Å². The van der Waals surface area contributed by atoms with Gasteiger partial charge in [-0.2, -0.15) is 5.10 Å². The molecule has 4 nitrogen and oxygen atoms in total. The molecular weight excluding hydrogens is 238 g/mol. The van der Waals surface area contributed by atoms with Gasteiger partial charge in [-0.1, -0.05) is 12.1 Å². The van der Waals surface area contributed by atoms with E-state index in [1.165, 1.54) is 0 Å². The molecule has 0 aliphatic heterocycles. The summed E-state index contributed by atoms with van der Waals surface area (Å²) in [7, 11) is 3.93. The van der Waals surface area contributed by atoms with Crippen molar-refractivity contribution in [3.8, 4) is 0 Å². The lowest BCUT2D eigenvalue weighted by molar-refractivity contribution is 0.0993. The summed E-state index contributed by atoms with van der Waals surface area (Å²) in [4.78, 5) is 14.2. The van der Waals surface area contributed by atoms with Gasteiger partial charge in [0, 0.05) is 44.5 Å². The van der Waals surface area contributed by atoms with Gasteiger partial charge in [0.2, 0.25) is 0 Å². The van der Waals surface area contributed by atoms with Gasteiger partial charge in [0.25, 0.3) is 0 Å². The van der Waals surface area contributed by atoms with Crippen molar-refractivity contribution < 1.29 is 4.79 Å². The Balaban J connectivity index is 2.13. The summed E-state index contributed by atoms with van der Waals surface area (Å²) in [6.45, 7) is 2.85. The van der Waals surface area contributed by atoms with Crippen LogP contribution in [0, 0.1) is 0 Å². The van der Waals surface area contributed by atoms with Gasteiger partial charge < -0.3 is 4.90 Å². The van der Waals surface area contributed by atoms with Gasteiger partial charge in [-0.25, -0.2) is 0 Å². The average Bonchev–Trinajstić information content (AvgIpc) is 2.86. The zero-order chi connectivity index (χ0) is 13.8. The molecule has 19 heavy (non-hydrogen) atoms. The third kappa shape index (κ3) is 3.22. The number of carbonyl (C=O) groups is 1. The Kier molecular flexibility index (Phi) is 4.00. The van der Waals surface area contributed by atoms with E-state index < -0.39 is 0 Å². The second kappa shape index (κ2) is 5.69. The molecule has 4 heteroatoms. The second-order valence-electron chi connectivity index (χ2n) is 4.75. The van der Waals surface area contributed by atoms with Crippen molar-refractivity contribution >= 4 is 11.5 Å². The number of anilines is 1. The van der Waals surface area contributed by atoms with Gasteiger partial charge >= 0.3 is 0 Å². The van der Waals surface area contributed by atoms with Crippen LogP contribution in [-0.2, 0) is 13.0 Å². The predicted molar refractivity (Wildman–Crippen MR) is 76.7 cm³/mol. The zero-order valence-electron chi connectivity index (χ0n) is 11.6. The van der Waals surface area contributed by atoms with E-state index in [-0.39, 0.29) is 5.78 Å². The molecule has 1 heterocycles. The maximum atomic E-state index is 12.2. The normalized spacial score (nSPS) is 10.5. The summed E-state index contributed by atoms with van der Waals surface area (Å²) in [6.07, 6.45) is 4.09. The minimum Gasteiger partial charge on any atom is -0.378 e. The SMILES string of the molecule is CCn1cc(CC(=O)c2cccc(N(C)C)c2)cn1. The molecule has 0 aliphatic rings. The highest BCUT2D eigenvalue weighted by molar-refractivity contribution is 5.98. The van der Waals surface area contributed by atoms with Crippen LogP contribution in [0.3, 0.4) is 0 Å². The first-order valence-electron chi connectivity index (χ1n) is 6.42. The van der Waals surface area contributed by atoms with Gasteiger partial charge in [0.15, 0.2) is 5.78 Å². The van der Waals surface area contributed by atoms with E-state index in [0.717, 1.165) is 23.4 Å². The molecule has 0 aliphatic carbocycles. The second-order valence-corrected chi connectivity index (χ2v) is 4.75. The molecule has 0 bridgehead atoms. The Hall–Kier alpha value is -2.10. The van der Waals surface area contributed by atoms with Crippen molar-refractivity contribution in [2.45, 2.75) is 19.9 Å². The number of benzene rings is 1. The number of hydrogen-bond acceptors (Lipinski definition) is 3. The molecule has 0 fully saturated rings. The van der Waals surface area contributed by atoms with E-state index in [0.29, 0.717) is 6.42 Å². The number of nitrogens with zero attached hydrogens (tertiary/aromatic N) is 3. The Morgan fingerprint density at radius 1 is 1.37 bits per heavy atom. The standard InChI is InChI=1S/C15H19N3O/c1-4-18-11-12(10-16-18)8-15(19)13-6-5-7-14(9-13)17(2)3/h5-7,9-11H,4,8H2,1-3H3. The molecule has 1 aromatic heterocycles. The summed E-state index contributed by atoms with van der Waals surface area (Å²) in [5.74, 6) is 0.124. The number of ketones is 1. The Morgan fingerprint density at radius 3 is 2.79 bits per heavy atom. The average molecular weight is 257 g/mol. The topological polar surface area (TPSA) is 38.1 Å². The van der Waals surface area contributed by atoms with Crippen LogP contribution in [0.25, 0.3) is 0 Å². The van der Waals surface area contributed by atoms with Gasteiger partial charge in [0.05, 0.1) is 6.20 Å². The van der Waals surface area contributed by atoms with Crippen LogP contribution in [0.2, 0.25) is 0 Å². The van der Waals surface area contributed by atoms with Crippen molar-refractivity contribution in [1.82, 2.24) is 9.78 Å². The molecule has 0 N–H and O–H groups in total. The highest BCUT2D eigenvalue weighted by Crippen LogP contribution is 2.15. The maximum Gasteiger partial charge on any atom is 0.167 e. The fourth-order valence-corrected chi connectivity index (χ4v) is 1.92. The monoisotopic (exact) mass is 257 g/mol. The summed E-state index contributed by atoms with van der Waals surface area (Å²) in [5.41, 5.74) is 2.74. The number of carbonyl (C=O) groups excluding carboxylic acids is 1. The minimum atomic E-state index is 0.124. The Morgan fingerprint density at radius 2 is 2.16 bits per heavy atom. The molecule has 1 aromatic carbocycles. The largest absolute Gasteiger partial charge is 0.378 e. The van der Waals surface area contributed by atoms with Crippen LogP contribution in [0.1, 0.15) is 22.8 Å². The molecule has 100 valence electrons. The van der Waals surface area contributed by atoms with E-state index in [9.17, 15) is 4.79 Å². The number of aromatic nitrogens is 2. The van der Waals surface area contributed by atoms with Crippen LogP contribution in [0.4, 0.5) is 5.69 Å². The molecule has 0 unspecified atom stereocenters. The van der Waals surface area contributed by atoms with E-state index in [2.05, 4.69) is 5.10 Å². The van der Waals surface area contributed by atoms with E-state index in [1.807, 2.05) is 61.1 Å². The van der Waals surface area contributed by atoms with Crippen LogP contribution in [0.15, 0.2) is 36.7 Å². The molecule has 2 aromatic rings. The third-order valence-electron chi connectivity index (χ3n) is 3.06. The van der Waals surface area contributed by atoms with E-state index in [1.54, 1.807) is 6.20 Å². The minimum absolute atomic E-state index is 0.124. The maximum absolute atomic E-state index is 12.2. The molecule has 0 radical (unpaired) electrons. The van der Waals surface area contributed by atoms with Gasteiger partial charge in [0.1, 0.15) is 0 Å². The fraction of sp³-hybridized carbons (Fsp3) is 0.333. The van der Waals surface area contributed by atoms with Gasteiger partial charge in [-0.05, 0) is 24.6 Å². The van der Waals surface area contributed by atoms with Crippen molar-refractivity contribution in [2.75, 3.05) is 19.0 Å². The number of Topliss-reactive ketones (excluding diaryl/α,β-unsaturated/α-hetero) is 1.